The van der Waals surface area contributed by atoms with Gasteiger partial charge in [0.1, 0.15) is 5.01 Å². The maximum Gasteiger partial charge on any atom is 0.416 e. The van der Waals surface area contributed by atoms with Crippen LogP contribution < -0.4 is 0 Å². The Morgan fingerprint density at radius 1 is 0.913 bits per heavy atom. The van der Waals surface area contributed by atoms with Crippen molar-refractivity contribution in [3.63, 3.8) is 0 Å². The molecule has 0 fully saturated rings. The van der Waals surface area contributed by atoms with Crippen LogP contribution in [-0.2, 0) is 6.18 Å². The molecule has 1 aromatic heterocycles. The van der Waals surface area contributed by atoms with Gasteiger partial charge in [-0.25, -0.2) is 4.98 Å². The first-order valence-corrected chi connectivity index (χ1v) is 9.61. The van der Waals surface area contributed by atoms with E-state index in [1.165, 1.54) is 33.7 Å². The number of aromatic nitrogens is 1. The summed E-state index contributed by atoms with van der Waals surface area (Å²) in [6.07, 6.45) is -4.32. The molecule has 0 unspecified atom stereocenters. The van der Waals surface area contributed by atoms with E-state index in [4.69, 9.17) is 0 Å². The maximum atomic E-state index is 12.8. The van der Waals surface area contributed by atoms with Gasteiger partial charge in [-0.3, -0.25) is 0 Å². The van der Waals surface area contributed by atoms with Crippen LogP contribution in [0.2, 0.25) is 0 Å². The Kier molecular flexibility index (Phi) is 3.66. The summed E-state index contributed by atoms with van der Waals surface area (Å²) in [5.74, 6) is 0. The Morgan fingerprint density at radius 3 is 2.43 bits per heavy atom. The molecule has 1 aliphatic rings. The van der Waals surface area contributed by atoms with Gasteiger partial charge in [0.15, 0.2) is 0 Å². The fourth-order valence-electron chi connectivity index (χ4n) is 2.28. The van der Waals surface area contributed by atoms with Crippen molar-refractivity contribution >= 4 is 32.9 Å². The van der Waals surface area contributed by atoms with Crippen LogP contribution in [0.3, 0.4) is 0 Å². The molecule has 0 amide bonds. The predicted octanol–water partition coefficient (Wildman–Crippen LogP) is 6.61. The molecule has 23 heavy (non-hydrogen) atoms. The van der Waals surface area contributed by atoms with E-state index in [2.05, 4.69) is 4.98 Å². The zero-order chi connectivity index (χ0) is 16.0. The highest BCUT2D eigenvalue weighted by Crippen LogP contribution is 2.54. The van der Waals surface area contributed by atoms with E-state index >= 15 is 0 Å². The van der Waals surface area contributed by atoms with Gasteiger partial charge in [0.25, 0.3) is 0 Å². The van der Waals surface area contributed by atoms with Gasteiger partial charge >= 0.3 is 6.18 Å². The molecule has 0 bridgehead atoms. The lowest BCUT2D eigenvalue weighted by Crippen LogP contribution is -2.05. The molecule has 0 aliphatic carbocycles. The zero-order valence-corrected chi connectivity index (χ0v) is 13.9. The van der Waals surface area contributed by atoms with Gasteiger partial charge in [-0.15, -0.1) is 11.3 Å². The van der Waals surface area contributed by atoms with Gasteiger partial charge in [0.2, 0.25) is 0 Å². The number of rotatable bonds is 1. The molecule has 3 aromatic rings. The van der Waals surface area contributed by atoms with E-state index in [0.29, 0.717) is 4.90 Å². The number of hydrogen-bond acceptors (Lipinski definition) is 4. The van der Waals surface area contributed by atoms with E-state index in [9.17, 15) is 13.2 Å². The zero-order valence-electron chi connectivity index (χ0n) is 11.4. The molecule has 1 aliphatic heterocycles. The van der Waals surface area contributed by atoms with Crippen molar-refractivity contribution < 1.29 is 13.2 Å². The predicted molar refractivity (Wildman–Crippen MR) is 89.7 cm³/mol. The third-order valence-corrected chi connectivity index (χ3v) is 7.34. The van der Waals surface area contributed by atoms with Crippen LogP contribution in [0, 0.1) is 0 Å². The molecule has 0 N–H and O–H groups in total. The first kappa shape index (κ1) is 15.1. The molecule has 2 heterocycles. The highest BCUT2D eigenvalue weighted by Gasteiger charge is 2.32. The van der Waals surface area contributed by atoms with Crippen molar-refractivity contribution in [1.82, 2.24) is 4.98 Å². The first-order valence-electron chi connectivity index (χ1n) is 6.65. The van der Waals surface area contributed by atoms with Crippen LogP contribution >= 0.6 is 32.9 Å². The number of alkyl halides is 3. The summed E-state index contributed by atoms with van der Waals surface area (Å²) in [5.41, 5.74) is 1.95. The Balaban J connectivity index is 1.80. The average molecular weight is 367 g/mol. The Labute approximate surface area is 142 Å². The first-order chi connectivity index (χ1) is 11.0. The van der Waals surface area contributed by atoms with E-state index < -0.39 is 11.7 Å². The molecule has 4 rings (SSSR count). The molecular weight excluding hydrogens is 359 g/mol. The maximum absolute atomic E-state index is 12.8. The fraction of sp³-hybridized carbons (Fsp3) is 0.0625. The normalized spacial score (nSPS) is 13.5. The fourth-order valence-corrected chi connectivity index (χ4v) is 6.06. The topological polar surface area (TPSA) is 12.9 Å². The number of thiazole rings is 1. The van der Waals surface area contributed by atoms with Gasteiger partial charge in [-0.1, -0.05) is 47.2 Å². The second kappa shape index (κ2) is 5.58. The lowest BCUT2D eigenvalue weighted by Gasteiger charge is -2.15. The van der Waals surface area contributed by atoms with E-state index in [1.807, 2.05) is 30.3 Å². The van der Waals surface area contributed by atoms with Gasteiger partial charge < -0.3 is 0 Å². The molecule has 0 saturated carbocycles. The number of fused-ring (bicyclic) bond motifs is 3. The van der Waals surface area contributed by atoms with Crippen molar-refractivity contribution in [2.24, 2.45) is 0 Å². The summed E-state index contributed by atoms with van der Waals surface area (Å²) >= 11 is 1.57. The number of hydrogen-bond donors (Lipinski definition) is 0. The van der Waals surface area contributed by atoms with Crippen LogP contribution in [0.5, 0.6) is 0 Å². The Hall–Kier alpha value is -1.44. The number of halogens is 3. The van der Waals surface area contributed by atoms with E-state index in [0.717, 1.165) is 32.1 Å². The standard InChI is InChI=1S/C16H8F3NS3/c17-16(18,19)10-6-7-11-12(8-10)22-23-15-13(11)20-14(21-15)9-4-2-1-3-5-9/h1-8H. The van der Waals surface area contributed by atoms with E-state index in [1.54, 1.807) is 11.3 Å². The summed E-state index contributed by atoms with van der Waals surface area (Å²) in [6, 6.07) is 13.7. The summed E-state index contributed by atoms with van der Waals surface area (Å²) in [6.45, 7) is 0. The highest BCUT2D eigenvalue weighted by molar-refractivity contribution is 8.77. The smallest absolute Gasteiger partial charge is 0.235 e. The summed E-state index contributed by atoms with van der Waals surface area (Å²) in [4.78, 5) is 5.27. The lowest BCUT2D eigenvalue weighted by atomic mass is 10.1. The molecule has 0 atom stereocenters. The molecule has 0 radical (unpaired) electrons. The Morgan fingerprint density at radius 2 is 1.70 bits per heavy atom. The summed E-state index contributed by atoms with van der Waals surface area (Å²) < 4.78 is 39.6. The molecular formula is C16H8F3NS3. The lowest BCUT2D eigenvalue weighted by molar-refractivity contribution is -0.137. The second-order valence-electron chi connectivity index (χ2n) is 4.90. The highest BCUT2D eigenvalue weighted by atomic mass is 33.1. The third-order valence-electron chi connectivity index (χ3n) is 3.39. The van der Waals surface area contributed by atoms with Crippen LogP contribution in [0.1, 0.15) is 5.56 Å². The van der Waals surface area contributed by atoms with Crippen molar-refractivity contribution in [1.29, 1.82) is 0 Å². The van der Waals surface area contributed by atoms with Crippen LogP contribution in [0.15, 0.2) is 57.6 Å². The monoisotopic (exact) mass is 367 g/mol. The van der Waals surface area contributed by atoms with E-state index in [-0.39, 0.29) is 0 Å². The SMILES string of the molecule is FC(F)(F)c1ccc2c(c1)SSc1sc(-c3ccccc3)nc1-2. The average Bonchev–Trinajstić information content (AvgIpc) is 2.99. The minimum atomic E-state index is -4.32. The molecule has 0 saturated heterocycles. The van der Waals surface area contributed by atoms with Crippen molar-refractivity contribution in [3.05, 3.63) is 54.1 Å². The number of benzene rings is 2. The number of nitrogens with zero attached hydrogens (tertiary/aromatic N) is 1. The minimum Gasteiger partial charge on any atom is -0.235 e. The largest absolute Gasteiger partial charge is 0.416 e. The molecule has 2 aromatic carbocycles. The minimum absolute atomic E-state index is 0.613. The molecule has 0 spiro atoms. The second-order valence-corrected chi connectivity index (χ2v) is 8.34. The Bertz CT molecular complexity index is 872. The quantitative estimate of drug-likeness (QED) is 0.449. The summed E-state index contributed by atoms with van der Waals surface area (Å²) in [7, 11) is 2.83. The van der Waals surface area contributed by atoms with Crippen LogP contribution in [0.25, 0.3) is 21.8 Å². The van der Waals surface area contributed by atoms with Gasteiger partial charge in [0.05, 0.1) is 15.5 Å². The molecule has 116 valence electrons. The third kappa shape index (κ3) is 2.77. The van der Waals surface area contributed by atoms with Gasteiger partial charge in [-0.2, -0.15) is 13.2 Å². The molecule has 7 heteroatoms. The summed E-state index contributed by atoms with van der Waals surface area (Å²) in [5, 5.41) is 0.886. The van der Waals surface area contributed by atoms with Gasteiger partial charge in [-0.05, 0) is 22.9 Å². The van der Waals surface area contributed by atoms with Crippen molar-refractivity contribution in [3.8, 4) is 21.8 Å². The van der Waals surface area contributed by atoms with Crippen molar-refractivity contribution in [2.45, 2.75) is 15.3 Å². The molecule has 1 nitrogen and oxygen atoms in total. The van der Waals surface area contributed by atoms with Crippen LogP contribution in [-0.4, -0.2) is 4.98 Å². The van der Waals surface area contributed by atoms with Crippen molar-refractivity contribution in [2.75, 3.05) is 0 Å². The van der Waals surface area contributed by atoms with Gasteiger partial charge in [0, 0.05) is 16.0 Å². The van der Waals surface area contributed by atoms with Crippen LogP contribution in [0.4, 0.5) is 13.2 Å².